The van der Waals surface area contributed by atoms with Crippen LogP contribution >= 0.6 is 0 Å². The van der Waals surface area contributed by atoms with Crippen LogP contribution < -0.4 is 0 Å². The maximum atomic E-state index is 13.0. The van der Waals surface area contributed by atoms with Crippen molar-refractivity contribution in [3.05, 3.63) is 54.1 Å². The van der Waals surface area contributed by atoms with Crippen molar-refractivity contribution in [3.8, 4) is 11.3 Å². The van der Waals surface area contributed by atoms with Crippen LogP contribution in [-0.4, -0.2) is 27.2 Å². The molecule has 0 fully saturated rings. The summed E-state index contributed by atoms with van der Waals surface area (Å²) in [4.78, 5) is 16.0. The zero-order valence-corrected chi connectivity index (χ0v) is 11.3. The van der Waals surface area contributed by atoms with E-state index in [1.165, 1.54) is 18.3 Å². The van der Waals surface area contributed by atoms with Gasteiger partial charge >= 0.3 is 5.97 Å². The number of esters is 1. The minimum Gasteiger partial charge on any atom is -0.462 e. The molecule has 0 bridgehead atoms. The van der Waals surface area contributed by atoms with Crippen molar-refractivity contribution in [1.29, 1.82) is 0 Å². The van der Waals surface area contributed by atoms with Gasteiger partial charge < -0.3 is 4.74 Å². The van der Waals surface area contributed by atoms with E-state index in [1.54, 1.807) is 35.8 Å². The van der Waals surface area contributed by atoms with E-state index in [4.69, 9.17) is 4.74 Å². The fourth-order valence-corrected chi connectivity index (χ4v) is 2.08. The van der Waals surface area contributed by atoms with Crippen LogP contribution in [0.15, 0.2) is 42.7 Å². The van der Waals surface area contributed by atoms with Crippen LogP contribution in [0.25, 0.3) is 16.9 Å². The normalized spacial score (nSPS) is 10.8. The van der Waals surface area contributed by atoms with E-state index in [0.29, 0.717) is 11.2 Å². The first-order valence-corrected chi connectivity index (χ1v) is 6.46. The summed E-state index contributed by atoms with van der Waals surface area (Å²) in [7, 11) is 0. The van der Waals surface area contributed by atoms with Gasteiger partial charge in [0.05, 0.1) is 18.5 Å². The van der Waals surface area contributed by atoms with E-state index in [1.807, 2.05) is 0 Å². The molecular formula is C15H12FN3O2. The van der Waals surface area contributed by atoms with Gasteiger partial charge in [-0.3, -0.25) is 0 Å². The molecule has 0 saturated heterocycles. The van der Waals surface area contributed by atoms with Gasteiger partial charge in [0, 0.05) is 11.8 Å². The number of halogens is 1. The van der Waals surface area contributed by atoms with Crippen molar-refractivity contribution in [1.82, 2.24) is 14.6 Å². The van der Waals surface area contributed by atoms with Gasteiger partial charge in [-0.25, -0.2) is 18.7 Å². The Kier molecular flexibility index (Phi) is 3.35. The fraction of sp³-hybridized carbons (Fsp3) is 0.133. The molecule has 1 aromatic carbocycles. The summed E-state index contributed by atoms with van der Waals surface area (Å²) >= 11 is 0. The lowest BCUT2D eigenvalue weighted by Crippen LogP contribution is -2.05. The number of ether oxygens (including phenoxy) is 1. The van der Waals surface area contributed by atoms with E-state index in [9.17, 15) is 9.18 Å². The zero-order valence-electron chi connectivity index (χ0n) is 11.3. The summed E-state index contributed by atoms with van der Waals surface area (Å²) in [5, 5.41) is 4.18. The van der Waals surface area contributed by atoms with Crippen LogP contribution in [0, 0.1) is 5.82 Å². The van der Waals surface area contributed by atoms with Crippen LogP contribution in [0.3, 0.4) is 0 Å². The molecule has 0 aliphatic carbocycles. The molecule has 0 radical (unpaired) electrons. The van der Waals surface area contributed by atoms with Crippen molar-refractivity contribution >= 4 is 11.6 Å². The van der Waals surface area contributed by atoms with Gasteiger partial charge in [0.25, 0.3) is 0 Å². The standard InChI is InChI=1S/C15H12FN3O2/c1-2-21-15(20)12-9-18-19-13(7-8-17-14(12)19)10-3-5-11(16)6-4-10/h3-9H,2H2,1H3. The van der Waals surface area contributed by atoms with Gasteiger partial charge in [0.15, 0.2) is 5.65 Å². The summed E-state index contributed by atoms with van der Waals surface area (Å²) in [5.74, 6) is -0.770. The van der Waals surface area contributed by atoms with Crippen LogP contribution in [-0.2, 0) is 4.74 Å². The Hall–Kier alpha value is -2.76. The van der Waals surface area contributed by atoms with Gasteiger partial charge in [-0.05, 0) is 37.3 Å². The molecule has 21 heavy (non-hydrogen) atoms. The third kappa shape index (κ3) is 2.35. The number of rotatable bonds is 3. The molecule has 0 aliphatic rings. The first kappa shape index (κ1) is 13.2. The zero-order chi connectivity index (χ0) is 14.8. The second-order valence-electron chi connectivity index (χ2n) is 4.35. The quantitative estimate of drug-likeness (QED) is 0.694. The highest BCUT2D eigenvalue weighted by atomic mass is 19.1. The van der Waals surface area contributed by atoms with E-state index >= 15 is 0 Å². The fourth-order valence-electron chi connectivity index (χ4n) is 2.08. The average Bonchev–Trinajstić information content (AvgIpc) is 2.92. The Labute approximate surface area is 120 Å². The largest absolute Gasteiger partial charge is 0.462 e. The molecule has 0 aliphatic heterocycles. The number of carbonyl (C=O) groups excluding carboxylic acids is 1. The predicted molar refractivity (Wildman–Crippen MR) is 74.3 cm³/mol. The van der Waals surface area contributed by atoms with Crippen molar-refractivity contribution < 1.29 is 13.9 Å². The summed E-state index contributed by atoms with van der Waals surface area (Å²) < 4.78 is 19.5. The van der Waals surface area contributed by atoms with Gasteiger partial charge in [0.1, 0.15) is 11.4 Å². The van der Waals surface area contributed by atoms with Gasteiger partial charge in [-0.15, -0.1) is 0 Å². The Bertz CT molecular complexity index is 796. The van der Waals surface area contributed by atoms with Crippen LogP contribution in [0.1, 0.15) is 17.3 Å². The molecule has 0 atom stereocenters. The second kappa shape index (κ2) is 5.32. The molecule has 0 amide bonds. The minimum atomic E-state index is -0.462. The summed E-state index contributed by atoms with van der Waals surface area (Å²) in [6.45, 7) is 2.02. The highest BCUT2D eigenvalue weighted by Gasteiger charge is 2.16. The lowest BCUT2D eigenvalue weighted by Gasteiger charge is -2.05. The molecule has 2 aromatic heterocycles. The maximum absolute atomic E-state index is 13.0. The number of aromatic nitrogens is 3. The number of nitrogens with zero attached hydrogens (tertiary/aromatic N) is 3. The first-order valence-electron chi connectivity index (χ1n) is 6.46. The third-order valence-corrected chi connectivity index (χ3v) is 3.04. The van der Waals surface area contributed by atoms with Crippen molar-refractivity contribution in [2.75, 3.05) is 6.61 Å². The third-order valence-electron chi connectivity index (χ3n) is 3.04. The molecule has 0 saturated carbocycles. The van der Waals surface area contributed by atoms with E-state index in [-0.39, 0.29) is 12.4 Å². The smallest absolute Gasteiger partial charge is 0.343 e. The number of fused-ring (bicyclic) bond motifs is 1. The molecule has 106 valence electrons. The van der Waals surface area contributed by atoms with E-state index in [2.05, 4.69) is 10.1 Å². The molecule has 3 aromatic rings. The highest BCUT2D eigenvalue weighted by molar-refractivity contribution is 5.95. The van der Waals surface area contributed by atoms with E-state index < -0.39 is 5.97 Å². The Morgan fingerprint density at radius 3 is 2.76 bits per heavy atom. The topological polar surface area (TPSA) is 56.5 Å². The first-order chi connectivity index (χ1) is 10.2. The minimum absolute atomic E-state index is 0.286. The second-order valence-corrected chi connectivity index (χ2v) is 4.35. The highest BCUT2D eigenvalue weighted by Crippen LogP contribution is 2.21. The maximum Gasteiger partial charge on any atom is 0.343 e. The van der Waals surface area contributed by atoms with Gasteiger partial charge in [-0.2, -0.15) is 5.10 Å². The summed E-state index contributed by atoms with van der Waals surface area (Å²) in [6.07, 6.45) is 3.01. The summed E-state index contributed by atoms with van der Waals surface area (Å²) in [6, 6.07) is 7.79. The Morgan fingerprint density at radius 2 is 2.05 bits per heavy atom. The van der Waals surface area contributed by atoms with Gasteiger partial charge in [-0.1, -0.05) is 0 Å². The molecule has 2 heterocycles. The van der Waals surface area contributed by atoms with Crippen molar-refractivity contribution in [2.45, 2.75) is 6.92 Å². The number of hydrogen-bond acceptors (Lipinski definition) is 4. The molecule has 0 N–H and O–H groups in total. The molecule has 0 spiro atoms. The lowest BCUT2D eigenvalue weighted by atomic mass is 10.1. The monoisotopic (exact) mass is 285 g/mol. The summed E-state index contributed by atoms with van der Waals surface area (Å²) in [5.41, 5.74) is 2.22. The lowest BCUT2D eigenvalue weighted by molar-refractivity contribution is 0.0528. The van der Waals surface area contributed by atoms with Crippen LogP contribution in [0.2, 0.25) is 0 Å². The van der Waals surface area contributed by atoms with Gasteiger partial charge in [0.2, 0.25) is 0 Å². The van der Waals surface area contributed by atoms with Crippen LogP contribution in [0.5, 0.6) is 0 Å². The number of hydrogen-bond donors (Lipinski definition) is 0. The van der Waals surface area contributed by atoms with Crippen molar-refractivity contribution in [2.24, 2.45) is 0 Å². The Morgan fingerprint density at radius 1 is 1.29 bits per heavy atom. The molecule has 3 rings (SSSR count). The average molecular weight is 285 g/mol. The Balaban J connectivity index is 2.13. The number of carbonyl (C=O) groups is 1. The molecular weight excluding hydrogens is 273 g/mol. The van der Waals surface area contributed by atoms with Crippen LogP contribution in [0.4, 0.5) is 4.39 Å². The molecule has 6 heteroatoms. The number of benzene rings is 1. The van der Waals surface area contributed by atoms with Crippen molar-refractivity contribution in [3.63, 3.8) is 0 Å². The predicted octanol–water partition coefficient (Wildman–Crippen LogP) is 2.71. The van der Waals surface area contributed by atoms with E-state index in [0.717, 1.165) is 11.3 Å². The molecule has 0 unspecified atom stereocenters. The SMILES string of the molecule is CCOC(=O)c1cnn2c(-c3ccc(F)cc3)ccnc12. The molecule has 5 nitrogen and oxygen atoms in total.